The van der Waals surface area contributed by atoms with Crippen LogP contribution in [0.25, 0.3) is 0 Å². The molecule has 1 aromatic heterocycles. The van der Waals surface area contributed by atoms with Gasteiger partial charge in [-0.2, -0.15) is 26.3 Å². The minimum absolute atomic E-state index is 0.103. The maximum Gasteiger partial charge on any atom is 0.423 e. The van der Waals surface area contributed by atoms with Gasteiger partial charge in [-0.05, 0) is 6.07 Å². The van der Waals surface area contributed by atoms with Gasteiger partial charge in [-0.1, -0.05) is 13.8 Å². The van der Waals surface area contributed by atoms with Crippen LogP contribution in [-0.2, 0) is 17.9 Å². The summed E-state index contributed by atoms with van der Waals surface area (Å²) in [6, 6.07) is 1.53. The van der Waals surface area contributed by atoms with Crippen LogP contribution in [0.15, 0.2) is 16.7 Å². The highest BCUT2D eigenvalue weighted by atomic mass is 19.4. The van der Waals surface area contributed by atoms with Gasteiger partial charge in [0.1, 0.15) is 12.4 Å². The van der Waals surface area contributed by atoms with Gasteiger partial charge < -0.3 is 14.5 Å². The number of furan rings is 1. The zero-order valence-electron chi connectivity index (χ0n) is 11.3. The molecule has 1 rings (SSSR count). The average Bonchev–Trinajstić information content (AvgIpc) is 2.70. The second kappa shape index (κ2) is 6.69. The Balaban J connectivity index is 2.61. The minimum Gasteiger partial charge on any atom is -0.467 e. The molecule has 0 spiro atoms. The molecule has 122 valence electrons. The van der Waals surface area contributed by atoms with Crippen LogP contribution in [0.4, 0.5) is 26.3 Å². The van der Waals surface area contributed by atoms with Crippen LogP contribution in [0.1, 0.15) is 25.2 Å². The van der Waals surface area contributed by atoms with Gasteiger partial charge in [-0.25, -0.2) is 0 Å². The summed E-state index contributed by atoms with van der Waals surface area (Å²) in [4.78, 5) is 0. The summed E-state index contributed by atoms with van der Waals surface area (Å²) >= 11 is 0. The number of halogens is 6. The molecule has 9 heteroatoms. The third-order valence-electron chi connectivity index (χ3n) is 2.41. The van der Waals surface area contributed by atoms with E-state index < -0.39 is 25.1 Å². The first kappa shape index (κ1) is 17.8. The van der Waals surface area contributed by atoms with E-state index in [2.05, 4.69) is 10.1 Å². The molecule has 21 heavy (non-hydrogen) atoms. The molecule has 0 radical (unpaired) electrons. The summed E-state index contributed by atoms with van der Waals surface area (Å²) in [5.74, 6) is -0.103. The molecule has 1 aromatic rings. The molecule has 1 heterocycles. The number of hydrogen-bond donors (Lipinski definition) is 1. The van der Waals surface area contributed by atoms with Crippen LogP contribution in [0.2, 0.25) is 0 Å². The van der Waals surface area contributed by atoms with Gasteiger partial charge in [0.15, 0.2) is 0 Å². The van der Waals surface area contributed by atoms with E-state index in [9.17, 15) is 26.3 Å². The fourth-order valence-electron chi connectivity index (χ4n) is 1.46. The van der Waals surface area contributed by atoms with E-state index in [1.54, 1.807) is 0 Å². The maximum atomic E-state index is 12.2. The van der Waals surface area contributed by atoms with Crippen molar-refractivity contribution >= 4 is 0 Å². The Morgan fingerprint density at radius 3 is 2.19 bits per heavy atom. The molecule has 1 N–H and O–H groups in total. The van der Waals surface area contributed by atoms with E-state index in [0.29, 0.717) is 12.1 Å². The molecular weight excluding hydrogens is 304 g/mol. The summed E-state index contributed by atoms with van der Waals surface area (Å²) < 4.78 is 82.3. The van der Waals surface area contributed by atoms with Gasteiger partial charge in [-0.3, -0.25) is 0 Å². The molecule has 0 aliphatic carbocycles. The highest BCUT2D eigenvalue weighted by molar-refractivity contribution is 5.12. The van der Waals surface area contributed by atoms with Crippen molar-refractivity contribution in [2.45, 2.75) is 51.5 Å². The summed E-state index contributed by atoms with van der Waals surface area (Å²) in [5.41, 5.74) is 0.609. The largest absolute Gasteiger partial charge is 0.467 e. The van der Waals surface area contributed by atoms with Crippen LogP contribution < -0.4 is 5.32 Å². The number of rotatable bonds is 6. The number of ether oxygens (including phenoxy) is 1. The second-order valence-electron chi connectivity index (χ2n) is 4.73. The van der Waals surface area contributed by atoms with Crippen molar-refractivity contribution in [2.24, 2.45) is 0 Å². The molecule has 0 aliphatic heterocycles. The van der Waals surface area contributed by atoms with Gasteiger partial charge in [0.25, 0.3) is 0 Å². The highest BCUT2D eigenvalue weighted by Gasteiger charge is 2.58. The lowest BCUT2D eigenvalue weighted by atomic mass is 10.3. The fraction of sp³-hybridized carbons (Fsp3) is 0.667. The molecule has 0 atom stereocenters. The molecule has 0 saturated heterocycles. The first-order chi connectivity index (χ1) is 9.50. The van der Waals surface area contributed by atoms with E-state index in [1.165, 1.54) is 12.3 Å². The van der Waals surface area contributed by atoms with E-state index >= 15 is 0 Å². The Hall–Kier alpha value is -1.22. The first-order valence-electron chi connectivity index (χ1n) is 6.05. The smallest absolute Gasteiger partial charge is 0.423 e. The Bertz CT molecular complexity index is 424. The molecular formula is C12H15F6NO2. The maximum absolute atomic E-state index is 12.2. The number of hydrogen-bond acceptors (Lipinski definition) is 3. The van der Waals surface area contributed by atoms with Gasteiger partial charge in [0.05, 0.1) is 6.26 Å². The summed E-state index contributed by atoms with van der Waals surface area (Å²) in [5, 5.41) is 3.03. The summed E-state index contributed by atoms with van der Waals surface area (Å²) in [7, 11) is 0. The monoisotopic (exact) mass is 319 g/mol. The Morgan fingerprint density at radius 1 is 1.14 bits per heavy atom. The van der Waals surface area contributed by atoms with Gasteiger partial charge in [0, 0.05) is 18.2 Å². The quantitative estimate of drug-likeness (QED) is 0.810. The van der Waals surface area contributed by atoms with Gasteiger partial charge in [-0.15, -0.1) is 0 Å². The molecule has 0 bridgehead atoms. The van der Waals surface area contributed by atoms with Crippen LogP contribution in [0.5, 0.6) is 0 Å². The second-order valence-corrected chi connectivity index (χ2v) is 4.73. The van der Waals surface area contributed by atoms with Crippen molar-refractivity contribution in [3.8, 4) is 0 Å². The van der Waals surface area contributed by atoms with Crippen molar-refractivity contribution in [1.82, 2.24) is 5.32 Å². The molecule has 0 aromatic carbocycles. The zero-order chi connectivity index (χ0) is 16.3. The Kier molecular flexibility index (Phi) is 5.68. The SMILES string of the molecule is CC(C)NCc1coc(COC(C(F)(F)F)C(F)(F)F)c1. The lowest BCUT2D eigenvalue weighted by Crippen LogP contribution is -2.44. The molecule has 0 saturated carbocycles. The Morgan fingerprint density at radius 2 is 1.71 bits per heavy atom. The van der Waals surface area contributed by atoms with Crippen LogP contribution >= 0.6 is 0 Å². The van der Waals surface area contributed by atoms with Crippen molar-refractivity contribution in [2.75, 3.05) is 0 Å². The topological polar surface area (TPSA) is 34.4 Å². The van der Waals surface area contributed by atoms with Crippen LogP contribution in [0, 0.1) is 0 Å². The van der Waals surface area contributed by atoms with E-state index in [-0.39, 0.29) is 11.8 Å². The molecule has 0 fully saturated rings. The average molecular weight is 319 g/mol. The van der Waals surface area contributed by atoms with E-state index in [4.69, 9.17) is 4.42 Å². The summed E-state index contributed by atoms with van der Waals surface area (Å²) in [6.07, 6.45) is -13.6. The predicted molar refractivity (Wildman–Crippen MR) is 61.4 cm³/mol. The van der Waals surface area contributed by atoms with Crippen molar-refractivity contribution < 1.29 is 35.5 Å². The minimum atomic E-state index is -5.52. The van der Waals surface area contributed by atoms with Crippen molar-refractivity contribution in [1.29, 1.82) is 0 Å². The van der Waals surface area contributed by atoms with Crippen molar-refractivity contribution in [3.05, 3.63) is 23.7 Å². The molecule has 0 aliphatic rings. The highest BCUT2D eigenvalue weighted by Crippen LogP contribution is 2.36. The number of nitrogens with one attached hydrogen (secondary N) is 1. The fourth-order valence-corrected chi connectivity index (χ4v) is 1.46. The van der Waals surface area contributed by atoms with Crippen molar-refractivity contribution in [3.63, 3.8) is 0 Å². The van der Waals surface area contributed by atoms with Crippen LogP contribution in [-0.4, -0.2) is 24.5 Å². The molecule has 0 amide bonds. The van der Waals surface area contributed by atoms with Gasteiger partial charge >= 0.3 is 12.4 Å². The standard InChI is InChI=1S/C12H15F6NO2/c1-7(2)19-4-8-3-9(20-5-8)6-21-10(11(13,14)15)12(16,17)18/h3,5,7,10,19H,4,6H2,1-2H3. The van der Waals surface area contributed by atoms with E-state index in [1.807, 2.05) is 13.8 Å². The van der Waals surface area contributed by atoms with Crippen LogP contribution in [0.3, 0.4) is 0 Å². The molecule has 3 nitrogen and oxygen atoms in total. The Labute approximate surface area is 117 Å². The summed E-state index contributed by atoms with van der Waals surface area (Å²) in [6.45, 7) is 3.26. The lowest BCUT2D eigenvalue weighted by Gasteiger charge is -2.22. The lowest BCUT2D eigenvalue weighted by molar-refractivity contribution is -0.325. The van der Waals surface area contributed by atoms with Gasteiger partial charge in [0.2, 0.25) is 6.10 Å². The third kappa shape index (κ3) is 5.96. The zero-order valence-corrected chi connectivity index (χ0v) is 11.3. The normalized spacial score (nSPS) is 13.4. The predicted octanol–water partition coefficient (Wildman–Crippen LogP) is 3.79. The first-order valence-corrected chi connectivity index (χ1v) is 6.05. The number of alkyl halides is 6. The molecule has 0 unspecified atom stereocenters. The third-order valence-corrected chi connectivity index (χ3v) is 2.41. The van der Waals surface area contributed by atoms with E-state index in [0.717, 1.165) is 0 Å².